The Bertz CT molecular complexity index is 535. The molecule has 0 aromatic heterocycles. The quantitative estimate of drug-likeness (QED) is 0.459. The minimum absolute atomic E-state index is 0. The second-order valence-electron chi connectivity index (χ2n) is 5.63. The molecular formula is C14H18ClN2NaO3. The Labute approximate surface area is 152 Å². The van der Waals surface area contributed by atoms with Crippen LogP contribution >= 0.6 is 11.6 Å². The van der Waals surface area contributed by atoms with E-state index in [1.807, 2.05) is 0 Å². The van der Waals surface area contributed by atoms with E-state index < -0.39 is 4.92 Å². The summed E-state index contributed by atoms with van der Waals surface area (Å²) in [5.41, 5.74) is -0.00852. The number of nitro groups is 1. The van der Waals surface area contributed by atoms with Crippen molar-refractivity contribution in [2.24, 2.45) is 0 Å². The summed E-state index contributed by atoms with van der Waals surface area (Å²) in [5.74, 6) is 0.547. The first-order valence-corrected chi connectivity index (χ1v) is 7.25. The van der Waals surface area contributed by atoms with Gasteiger partial charge in [0.2, 0.25) is 0 Å². The Morgan fingerprint density at radius 1 is 1.38 bits per heavy atom. The van der Waals surface area contributed by atoms with Gasteiger partial charge in [-0.05, 0) is 38.8 Å². The summed E-state index contributed by atoms with van der Waals surface area (Å²) >= 11 is 6.07. The minimum atomic E-state index is -0.453. The van der Waals surface area contributed by atoms with E-state index in [0.29, 0.717) is 22.9 Å². The van der Waals surface area contributed by atoms with E-state index in [9.17, 15) is 10.1 Å². The molecule has 21 heavy (non-hydrogen) atoms. The van der Waals surface area contributed by atoms with E-state index in [4.69, 9.17) is 16.3 Å². The molecule has 2 fully saturated rings. The third-order valence-corrected chi connectivity index (χ3v) is 4.77. The molecule has 2 bridgehead atoms. The molecule has 3 rings (SSSR count). The average Bonchev–Trinajstić information content (AvgIpc) is 2.64. The molecule has 2 heterocycles. The molecule has 1 unspecified atom stereocenters. The van der Waals surface area contributed by atoms with Crippen molar-refractivity contribution < 1.29 is 40.6 Å². The number of hydrogen-bond donors (Lipinski definition) is 0. The predicted octanol–water partition coefficient (Wildman–Crippen LogP) is 0.369. The molecule has 0 saturated carbocycles. The van der Waals surface area contributed by atoms with Gasteiger partial charge in [-0.15, -0.1) is 0 Å². The Kier molecular flexibility index (Phi) is 5.54. The van der Waals surface area contributed by atoms with Gasteiger partial charge in [-0.3, -0.25) is 10.1 Å². The van der Waals surface area contributed by atoms with Crippen molar-refractivity contribution in [3.63, 3.8) is 0 Å². The molecule has 0 radical (unpaired) electrons. The number of halogens is 1. The smallest absolute Gasteiger partial charge is 1.00 e. The molecule has 2 aliphatic rings. The number of nitrogens with zero attached hydrogens (tertiary/aromatic N) is 2. The number of non-ortho nitro benzene ring substituents is 1. The van der Waals surface area contributed by atoms with E-state index in [0.717, 1.165) is 12.8 Å². The molecule has 110 valence electrons. The van der Waals surface area contributed by atoms with Gasteiger partial charge in [0, 0.05) is 24.2 Å². The maximum atomic E-state index is 10.7. The molecule has 0 N–H and O–H groups in total. The van der Waals surface area contributed by atoms with Crippen LogP contribution in [0.4, 0.5) is 5.69 Å². The zero-order valence-electron chi connectivity index (χ0n) is 13.3. The van der Waals surface area contributed by atoms with Gasteiger partial charge in [-0.1, -0.05) is 11.6 Å². The SMILES string of the molecule is CN1[C@@H]2CC[C@H]1CC(Oc1ccc([N+](=O)[O-])cc1Cl)C2.[H-].[Na+]. The van der Waals surface area contributed by atoms with Gasteiger partial charge in [0.05, 0.1) is 9.95 Å². The number of hydrogen-bond acceptors (Lipinski definition) is 4. The van der Waals surface area contributed by atoms with Crippen LogP contribution in [0.5, 0.6) is 5.75 Å². The van der Waals surface area contributed by atoms with Crippen molar-refractivity contribution in [1.82, 2.24) is 4.90 Å². The Morgan fingerprint density at radius 2 is 2.00 bits per heavy atom. The predicted molar refractivity (Wildman–Crippen MR) is 77.4 cm³/mol. The molecule has 2 aliphatic heterocycles. The fourth-order valence-electron chi connectivity index (χ4n) is 3.34. The van der Waals surface area contributed by atoms with Gasteiger partial charge in [0.25, 0.3) is 5.69 Å². The number of fused-ring (bicyclic) bond motifs is 2. The molecule has 0 spiro atoms. The first-order valence-electron chi connectivity index (χ1n) is 6.87. The van der Waals surface area contributed by atoms with Gasteiger partial charge < -0.3 is 11.1 Å². The van der Waals surface area contributed by atoms with Crippen molar-refractivity contribution in [3.8, 4) is 5.75 Å². The molecule has 5 nitrogen and oxygen atoms in total. The molecule has 1 aromatic carbocycles. The van der Waals surface area contributed by atoms with Crippen LogP contribution in [0.2, 0.25) is 5.02 Å². The summed E-state index contributed by atoms with van der Waals surface area (Å²) in [7, 11) is 2.18. The third-order valence-electron chi connectivity index (χ3n) is 4.47. The molecule has 3 atom stereocenters. The van der Waals surface area contributed by atoms with Gasteiger partial charge in [0.1, 0.15) is 11.9 Å². The van der Waals surface area contributed by atoms with E-state index in [1.54, 1.807) is 6.07 Å². The van der Waals surface area contributed by atoms with Crippen LogP contribution in [0.15, 0.2) is 18.2 Å². The van der Waals surface area contributed by atoms with Gasteiger partial charge in [-0.2, -0.15) is 0 Å². The summed E-state index contributed by atoms with van der Waals surface area (Å²) in [6.07, 6.45) is 4.62. The number of rotatable bonds is 3. The van der Waals surface area contributed by atoms with E-state index in [2.05, 4.69) is 11.9 Å². The van der Waals surface area contributed by atoms with Crippen molar-refractivity contribution in [1.29, 1.82) is 0 Å². The number of benzene rings is 1. The zero-order valence-corrected chi connectivity index (χ0v) is 15.0. The van der Waals surface area contributed by atoms with E-state index in [-0.39, 0.29) is 42.8 Å². The molecule has 0 amide bonds. The van der Waals surface area contributed by atoms with Crippen LogP contribution in [0.1, 0.15) is 27.1 Å². The molecular weight excluding hydrogens is 303 g/mol. The van der Waals surface area contributed by atoms with Gasteiger partial charge >= 0.3 is 29.6 Å². The van der Waals surface area contributed by atoms with E-state index in [1.165, 1.54) is 25.0 Å². The second kappa shape index (κ2) is 6.84. The van der Waals surface area contributed by atoms with E-state index >= 15 is 0 Å². The normalized spacial score (nSPS) is 28.0. The van der Waals surface area contributed by atoms with Crippen LogP contribution in [-0.2, 0) is 0 Å². The van der Waals surface area contributed by atoms with Crippen LogP contribution in [-0.4, -0.2) is 35.1 Å². The van der Waals surface area contributed by atoms with Crippen molar-refractivity contribution in [2.75, 3.05) is 7.05 Å². The monoisotopic (exact) mass is 320 g/mol. The molecule has 1 aromatic rings. The topological polar surface area (TPSA) is 55.6 Å². The zero-order chi connectivity index (χ0) is 14.3. The fourth-order valence-corrected chi connectivity index (χ4v) is 3.56. The van der Waals surface area contributed by atoms with Gasteiger partial charge in [-0.25, -0.2) is 0 Å². The Balaban J connectivity index is 0.00000121. The first kappa shape index (κ1) is 17.0. The minimum Gasteiger partial charge on any atom is -1.00 e. The van der Waals surface area contributed by atoms with Crippen molar-refractivity contribution >= 4 is 17.3 Å². The van der Waals surface area contributed by atoms with Crippen LogP contribution in [0.25, 0.3) is 0 Å². The molecule has 2 saturated heterocycles. The van der Waals surface area contributed by atoms with Crippen molar-refractivity contribution in [2.45, 2.75) is 43.9 Å². The first-order chi connectivity index (χ1) is 9.54. The fraction of sp³-hybridized carbons (Fsp3) is 0.571. The summed E-state index contributed by atoms with van der Waals surface area (Å²) in [6.45, 7) is 0. The summed E-state index contributed by atoms with van der Waals surface area (Å²) in [5, 5.41) is 11.0. The third kappa shape index (κ3) is 3.54. The van der Waals surface area contributed by atoms with Crippen molar-refractivity contribution in [3.05, 3.63) is 33.3 Å². The van der Waals surface area contributed by atoms with Gasteiger partial charge in [0.15, 0.2) is 0 Å². The molecule has 0 aliphatic carbocycles. The summed E-state index contributed by atoms with van der Waals surface area (Å²) < 4.78 is 5.97. The van der Waals surface area contributed by atoms with Crippen LogP contribution in [0.3, 0.4) is 0 Å². The number of nitro benzene ring substituents is 1. The van der Waals surface area contributed by atoms with Crippen LogP contribution < -0.4 is 34.3 Å². The van der Waals surface area contributed by atoms with Crippen LogP contribution in [0, 0.1) is 10.1 Å². The Hall–Kier alpha value is -0.330. The standard InChI is InChI=1S/C14H17ClN2O3.Na.H/c1-16-9-2-3-10(16)7-12(6-9)20-14-5-4-11(17(18)19)8-13(14)15;;/h4-5,8-10,12H,2-3,6-7H2,1H3;;/q;+1;-1/t9-,10+,12?;;. The largest absolute Gasteiger partial charge is 1.00 e. The number of piperidine rings is 1. The number of ether oxygens (including phenoxy) is 1. The maximum Gasteiger partial charge on any atom is 1.00 e. The summed E-state index contributed by atoms with van der Waals surface area (Å²) in [4.78, 5) is 12.7. The second-order valence-corrected chi connectivity index (χ2v) is 6.04. The maximum absolute atomic E-state index is 10.7. The summed E-state index contributed by atoms with van der Waals surface area (Å²) in [6, 6.07) is 5.57. The molecule has 7 heteroatoms. The Morgan fingerprint density at radius 3 is 2.52 bits per heavy atom. The average molecular weight is 321 g/mol.